The summed E-state index contributed by atoms with van der Waals surface area (Å²) < 4.78 is 0. The topological polar surface area (TPSA) is 46.1 Å². The van der Waals surface area contributed by atoms with E-state index in [9.17, 15) is 0 Å². The van der Waals surface area contributed by atoms with Crippen LogP contribution in [-0.4, -0.2) is 23.7 Å². The molecule has 2 aromatic rings. The van der Waals surface area contributed by atoms with Crippen molar-refractivity contribution in [1.82, 2.24) is 0 Å². The summed E-state index contributed by atoms with van der Waals surface area (Å²) in [5, 5.41) is 16.5. The van der Waals surface area contributed by atoms with Crippen LogP contribution in [0.15, 0.2) is 60.7 Å². The van der Waals surface area contributed by atoms with Crippen molar-refractivity contribution in [2.75, 3.05) is 14.2 Å². The molecule has 99 valence electrons. The fraction of sp³-hybridized carbons (Fsp3) is 0.286. The van der Waals surface area contributed by atoms with E-state index in [2.05, 4.69) is 13.1 Å². The Morgan fingerprint density at radius 3 is 0.889 bits per heavy atom. The summed E-state index contributed by atoms with van der Waals surface area (Å²) in [4.78, 5) is 0. The van der Waals surface area contributed by atoms with Crippen LogP contribution in [0.2, 0.25) is 13.1 Å². The van der Waals surface area contributed by atoms with Crippen molar-refractivity contribution in [3.8, 4) is 0 Å². The van der Waals surface area contributed by atoms with Crippen molar-refractivity contribution in [2.45, 2.75) is 13.1 Å². The summed E-state index contributed by atoms with van der Waals surface area (Å²) in [6, 6.07) is 20.0. The second-order valence-corrected chi connectivity index (χ2v) is 3.66. The Hall–Kier alpha value is -0.293. The summed E-state index contributed by atoms with van der Waals surface area (Å²) in [5.41, 5.74) is 0. The average Bonchev–Trinajstić information content (AvgIpc) is 3.13. The molecule has 0 amide bonds. The molecule has 0 aromatic heterocycles. The van der Waals surface area contributed by atoms with Crippen LogP contribution >= 0.6 is 0 Å². The Balaban J connectivity index is -0.0000000719. The molecule has 0 saturated carbocycles. The van der Waals surface area contributed by atoms with Gasteiger partial charge in [-0.25, -0.2) is 24.3 Å². The number of hydrogen-bond acceptors (Lipinski definition) is 2. The van der Waals surface area contributed by atoms with Gasteiger partial charge < -0.3 is 10.2 Å². The minimum Gasteiger partial charge on any atom is -0.857 e. The smallest absolute Gasteiger partial charge is 0.857 e. The molecule has 2 rings (SSSR count). The van der Waals surface area contributed by atoms with Gasteiger partial charge in [0.25, 0.3) is 0 Å². The van der Waals surface area contributed by atoms with E-state index in [1.54, 1.807) is 0 Å². The largest absolute Gasteiger partial charge is 4.00 e. The van der Waals surface area contributed by atoms with Crippen molar-refractivity contribution in [2.24, 2.45) is 0 Å². The van der Waals surface area contributed by atoms with Gasteiger partial charge >= 0.3 is 25.8 Å². The Bertz CT molecular complexity index is 171. The second-order valence-electron chi connectivity index (χ2n) is 2.50. The Labute approximate surface area is 133 Å². The summed E-state index contributed by atoms with van der Waals surface area (Å²) in [7, 11) is 2.25. The summed E-state index contributed by atoms with van der Waals surface area (Å²) in [6.45, 7) is 4.42. The van der Waals surface area contributed by atoms with Crippen molar-refractivity contribution in [3.63, 3.8) is 0 Å². The third kappa shape index (κ3) is 36.1. The van der Waals surface area contributed by atoms with Gasteiger partial charge in [-0.3, -0.25) is 0 Å². The predicted octanol–water partition coefficient (Wildman–Crippen LogP) is 1.28. The maximum atomic E-state index is 8.25. The van der Waals surface area contributed by atoms with E-state index in [1.807, 2.05) is 60.7 Å². The van der Waals surface area contributed by atoms with Gasteiger partial charge in [0, 0.05) is 9.52 Å². The summed E-state index contributed by atoms with van der Waals surface area (Å²) in [6.07, 6.45) is 0. The zero-order valence-corrected chi connectivity index (χ0v) is 16.4. The van der Waals surface area contributed by atoms with E-state index in [0.29, 0.717) is 0 Å². The fourth-order valence-corrected chi connectivity index (χ4v) is 0.642. The Morgan fingerprint density at radius 2 is 0.833 bits per heavy atom. The molecule has 0 N–H and O–H groups in total. The molecule has 0 unspecified atom stereocenters. The first-order valence-electron chi connectivity index (χ1n) is 5.30. The molecule has 2 nitrogen and oxygen atoms in total. The molecule has 18 heavy (non-hydrogen) atoms. The van der Waals surface area contributed by atoms with E-state index < -0.39 is 0 Å². The van der Waals surface area contributed by atoms with Crippen LogP contribution in [0, 0.1) is 0 Å². The zero-order chi connectivity index (χ0) is 13.8. The monoisotopic (exact) mass is 431 g/mol. The van der Waals surface area contributed by atoms with Gasteiger partial charge in [0.2, 0.25) is 0 Å². The third-order valence-corrected chi connectivity index (χ3v) is 1.11. The second kappa shape index (κ2) is 36.0. The molecule has 0 atom stereocenters. The molecule has 0 aliphatic carbocycles. The van der Waals surface area contributed by atoms with Gasteiger partial charge in [-0.05, 0) is 0 Å². The maximum Gasteiger partial charge on any atom is 4.00 e. The van der Waals surface area contributed by atoms with E-state index in [0.717, 1.165) is 23.7 Å². The fourth-order valence-electron chi connectivity index (χ4n) is 0.642. The molecule has 0 aliphatic rings. The molecular weight excluding hydrogens is 407 g/mol. The molecule has 0 aliphatic heterocycles. The molecule has 0 bridgehead atoms. The van der Waals surface area contributed by atoms with Crippen molar-refractivity contribution >= 4 is 9.52 Å². The molecule has 0 fully saturated rings. The molecule has 0 saturated heterocycles. The molecule has 1 radical (unpaired) electrons. The summed E-state index contributed by atoms with van der Waals surface area (Å²) in [5.74, 6) is 0. The summed E-state index contributed by atoms with van der Waals surface area (Å²) >= 11 is 0. The minimum absolute atomic E-state index is 0. The third-order valence-electron chi connectivity index (χ3n) is 1.11. The minimum atomic E-state index is 0. The maximum absolute atomic E-state index is 8.25. The van der Waals surface area contributed by atoms with Crippen LogP contribution in [-0.2, 0) is 25.8 Å². The van der Waals surface area contributed by atoms with E-state index in [4.69, 9.17) is 10.2 Å². The normalized spacial score (nSPS) is 6.11. The predicted molar refractivity (Wildman–Crippen MR) is 74.8 cm³/mol. The average molecular weight is 430 g/mol. The van der Waals surface area contributed by atoms with Crippen LogP contribution < -0.4 is 10.2 Å². The molecule has 0 spiro atoms. The molecule has 2 aromatic carbocycles. The van der Waals surface area contributed by atoms with E-state index in [-0.39, 0.29) is 25.8 Å². The van der Waals surface area contributed by atoms with Gasteiger partial charge in [-0.15, -0.1) is 0 Å². The van der Waals surface area contributed by atoms with Crippen LogP contribution in [0.5, 0.6) is 0 Å². The van der Waals surface area contributed by atoms with Crippen LogP contribution in [0.4, 0.5) is 0 Å². The van der Waals surface area contributed by atoms with Crippen molar-refractivity contribution < 1.29 is 36.1 Å². The molecule has 0 heterocycles. The first-order valence-corrected chi connectivity index (χ1v) is 7.61. The number of hydrogen-bond donors (Lipinski definition) is 0. The van der Waals surface area contributed by atoms with Crippen LogP contribution in [0.1, 0.15) is 0 Å². The van der Waals surface area contributed by atoms with Gasteiger partial charge in [0.05, 0.1) is 0 Å². The first-order chi connectivity index (χ1) is 8.41. The van der Waals surface area contributed by atoms with Gasteiger partial charge in [0.15, 0.2) is 0 Å². The quantitative estimate of drug-likeness (QED) is 0.468. The van der Waals surface area contributed by atoms with Gasteiger partial charge in [-0.1, -0.05) is 13.1 Å². The standard InChI is InChI=1S/2C5H5.C2H7Si.2CH3O.Hf/c2*1-2-4-5-3-1;1-3-2;2*1-2;/h2*1-5H;3H,1-2H3;2*1H3;/q2*-1;;2*-1;+4. The van der Waals surface area contributed by atoms with E-state index >= 15 is 0 Å². The first kappa shape index (κ1) is 26.3. The zero-order valence-electron chi connectivity index (χ0n) is 11.7. The van der Waals surface area contributed by atoms with Crippen LogP contribution in [0.25, 0.3) is 0 Å². The molecular formula is C14H23HfO2Si. The van der Waals surface area contributed by atoms with Gasteiger partial charge in [-0.2, -0.15) is 50.6 Å². The van der Waals surface area contributed by atoms with Crippen LogP contribution in [0.3, 0.4) is 0 Å². The SMILES string of the molecule is C[O-].C[O-].C[SiH]C.[Hf+4].c1cc[cH-]c1.c1cc[cH-]c1. The van der Waals surface area contributed by atoms with Crippen molar-refractivity contribution in [3.05, 3.63) is 60.7 Å². The van der Waals surface area contributed by atoms with Crippen molar-refractivity contribution in [1.29, 1.82) is 0 Å². The van der Waals surface area contributed by atoms with E-state index in [1.165, 1.54) is 0 Å². The number of rotatable bonds is 0. The molecule has 4 heteroatoms. The Kier molecular flexibility index (Phi) is 52.5. The van der Waals surface area contributed by atoms with Gasteiger partial charge in [0.1, 0.15) is 0 Å². The Morgan fingerprint density at radius 1 is 0.667 bits per heavy atom.